The van der Waals surface area contributed by atoms with Crippen LogP contribution in [0, 0.1) is 12.7 Å². The molecule has 0 saturated carbocycles. The number of amides is 2. The first-order valence-electron chi connectivity index (χ1n) is 9.78. The Kier molecular flexibility index (Phi) is 8.18. The van der Waals surface area contributed by atoms with Crippen LogP contribution in [-0.4, -0.2) is 29.3 Å². The first-order valence-corrected chi connectivity index (χ1v) is 9.78. The molecular weight excluding hydrogens is 355 g/mol. The summed E-state index contributed by atoms with van der Waals surface area (Å²) in [6.07, 6.45) is 1.79. The molecule has 0 saturated heterocycles. The quantitative estimate of drug-likeness (QED) is 0.664. The van der Waals surface area contributed by atoms with E-state index >= 15 is 0 Å². The Bertz CT molecular complexity index is 789. The van der Waals surface area contributed by atoms with Gasteiger partial charge in [-0.1, -0.05) is 61.4 Å². The summed E-state index contributed by atoms with van der Waals surface area (Å²) >= 11 is 0. The van der Waals surface area contributed by atoms with Crippen molar-refractivity contribution in [2.45, 2.75) is 52.6 Å². The molecule has 0 fully saturated rings. The van der Waals surface area contributed by atoms with Gasteiger partial charge in [0.05, 0.1) is 6.42 Å². The molecule has 0 heterocycles. The highest BCUT2D eigenvalue weighted by atomic mass is 19.1. The zero-order valence-corrected chi connectivity index (χ0v) is 16.9. The summed E-state index contributed by atoms with van der Waals surface area (Å²) < 4.78 is 14.0. The second kappa shape index (κ2) is 10.6. The Labute approximate surface area is 166 Å². The summed E-state index contributed by atoms with van der Waals surface area (Å²) in [5.41, 5.74) is 2.39. The SMILES string of the molecule is CCCCNC(=O)[C@H](C)N(Cc1ccc(C)cc1)C(=O)Cc1ccccc1F. The molecule has 0 aliphatic rings. The van der Waals surface area contributed by atoms with E-state index in [1.54, 1.807) is 25.1 Å². The zero-order valence-electron chi connectivity index (χ0n) is 16.9. The van der Waals surface area contributed by atoms with Gasteiger partial charge in [0.2, 0.25) is 11.8 Å². The van der Waals surface area contributed by atoms with Crippen LogP contribution in [0.3, 0.4) is 0 Å². The molecule has 2 aromatic carbocycles. The maximum atomic E-state index is 14.0. The molecule has 2 aromatic rings. The van der Waals surface area contributed by atoms with Crippen molar-refractivity contribution in [2.75, 3.05) is 6.54 Å². The van der Waals surface area contributed by atoms with E-state index in [1.165, 1.54) is 11.0 Å². The maximum Gasteiger partial charge on any atom is 0.242 e. The molecule has 0 radical (unpaired) electrons. The second-order valence-electron chi connectivity index (χ2n) is 7.10. The molecule has 0 aliphatic heterocycles. The van der Waals surface area contributed by atoms with E-state index in [-0.39, 0.29) is 18.2 Å². The van der Waals surface area contributed by atoms with Gasteiger partial charge >= 0.3 is 0 Å². The Morgan fingerprint density at radius 1 is 1.11 bits per heavy atom. The second-order valence-corrected chi connectivity index (χ2v) is 7.10. The minimum Gasteiger partial charge on any atom is -0.354 e. The van der Waals surface area contributed by atoms with E-state index in [1.807, 2.05) is 31.2 Å². The molecule has 5 heteroatoms. The van der Waals surface area contributed by atoms with Crippen molar-refractivity contribution in [3.63, 3.8) is 0 Å². The molecule has 0 aromatic heterocycles. The van der Waals surface area contributed by atoms with E-state index in [2.05, 4.69) is 12.2 Å². The highest BCUT2D eigenvalue weighted by molar-refractivity contribution is 5.88. The van der Waals surface area contributed by atoms with E-state index in [4.69, 9.17) is 0 Å². The predicted molar refractivity (Wildman–Crippen MR) is 109 cm³/mol. The van der Waals surface area contributed by atoms with Gasteiger partial charge < -0.3 is 10.2 Å². The monoisotopic (exact) mass is 384 g/mol. The van der Waals surface area contributed by atoms with E-state index < -0.39 is 11.9 Å². The lowest BCUT2D eigenvalue weighted by Crippen LogP contribution is -2.48. The normalized spacial score (nSPS) is 11.7. The van der Waals surface area contributed by atoms with Crippen molar-refractivity contribution in [3.8, 4) is 0 Å². The van der Waals surface area contributed by atoms with Crippen LogP contribution >= 0.6 is 0 Å². The number of aryl methyl sites for hydroxylation is 1. The van der Waals surface area contributed by atoms with E-state index in [0.29, 0.717) is 18.7 Å². The van der Waals surface area contributed by atoms with Crippen molar-refractivity contribution in [3.05, 3.63) is 71.0 Å². The summed E-state index contributed by atoms with van der Waals surface area (Å²) in [7, 11) is 0. The molecule has 2 rings (SSSR count). The van der Waals surface area contributed by atoms with Gasteiger partial charge in [-0.2, -0.15) is 0 Å². The number of nitrogens with one attached hydrogen (secondary N) is 1. The van der Waals surface area contributed by atoms with E-state index in [0.717, 1.165) is 24.0 Å². The molecule has 0 bridgehead atoms. The summed E-state index contributed by atoms with van der Waals surface area (Å²) in [5.74, 6) is -0.877. The number of nitrogens with zero attached hydrogens (tertiary/aromatic N) is 1. The van der Waals surface area contributed by atoms with Crippen molar-refractivity contribution in [2.24, 2.45) is 0 Å². The molecule has 0 aliphatic carbocycles. The van der Waals surface area contributed by atoms with E-state index in [9.17, 15) is 14.0 Å². The van der Waals surface area contributed by atoms with Crippen LogP contribution in [-0.2, 0) is 22.6 Å². The van der Waals surface area contributed by atoms with Crippen molar-refractivity contribution >= 4 is 11.8 Å². The molecule has 1 N–H and O–H groups in total. The fourth-order valence-electron chi connectivity index (χ4n) is 2.92. The molecule has 4 nitrogen and oxygen atoms in total. The first kappa shape index (κ1) is 21.6. The van der Waals surface area contributed by atoms with Gasteiger partial charge in [-0.15, -0.1) is 0 Å². The van der Waals surface area contributed by atoms with Gasteiger partial charge in [0.15, 0.2) is 0 Å². The van der Waals surface area contributed by atoms with Gasteiger partial charge in [0.1, 0.15) is 11.9 Å². The third-order valence-electron chi connectivity index (χ3n) is 4.77. The molecule has 28 heavy (non-hydrogen) atoms. The van der Waals surface area contributed by atoms with Gasteiger partial charge in [-0.05, 0) is 37.5 Å². The minimum atomic E-state index is -0.641. The molecule has 2 amide bonds. The number of carbonyl (C=O) groups excluding carboxylic acids is 2. The highest BCUT2D eigenvalue weighted by Crippen LogP contribution is 2.15. The largest absolute Gasteiger partial charge is 0.354 e. The number of hydrogen-bond acceptors (Lipinski definition) is 2. The van der Waals surface area contributed by atoms with Crippen LogP contribution in [0.4, 0.5) is 4.39 Å². The summed E-state index contributed by atoms with van der Waals surface area (Å²) in [4.78, 5) is 27.1. The molecular formula is C23H29FN2O2. The highest BCUT2D eigenvalue weighted by Gasteiger charge is 2.26. The Morgan fingerprint density at radius 2 is 1.79 bits per heavy atom. The van der Waals surface area contributed by atoms with Crippen LogP contribution in [0.15, 0.2) is 48.5 Å². The molecule has 0 unspecified atom stereocenters. The topological polar surface area (TPSA) is 49.4 Å². The third-order valence-corrected chi connectivity index (χ3v) is 4.77. The van der Waals surface area contributed by atoms with Gasteiger partial charge in [0, 0.05) is 13.1 Å². The summed E-state index contributed by atoms with van der Waals surface area (Å²) in [6, 6.07) is 13.4. The Balaban J connectivity index is 2.18. The minimum absolute atomic E-state index is 0.0783. The fourth-order valence-corrected chi connectivity index (χ4v) is 2.92. The van der Waals surface area contributed by atoms with Crippen LogP contribution < -0.4 is 5.32 Å². The van der Waals surface area contributed by atoms with Gasteiger partial charge in [-0.25, -0.2) is 4.39 Å². The van der Waals surface area contributed by atoms with Gasteiger partial charge in [0.25, 0.3) is 0 Å². The molecule has 0 spiro atoms. The predicted octanol–water partition coefficient (Wildman–Crippen LogP) is 4.01. The lowest BCUT2D eigenvalue weighted by Gasteiger charge is -2.29. The van der Waals surface area contributed by atoms with Crippen LogP contribution in [0.2, 0.25) is 0 Å². The number of unbranched alkanes of at least 4 members (excludes halogenated alkanes) is 1. The molecule has 1 atom stereocenters. The molecule has 150 valence electrons. The van der Waals surface area contributed by atoms with Crippen LogP contribution in [0.25, 0.3) is 0 Å². The van der Waals surface area contributed by atoms with Crippen molar-refractivity contribution < 1.29 is 14.0 Å². The standard InChI is InChI=1S/C23H29FN2O2/c1-4-5-14-25-23(28)18(3)26(16-19-12-10-17(2)11-13-19)22(27)15-20-8-6-7-9-21(20)24/h6-13,18H,4-5,14-16H2,1-3H3,(H,25,28)/t18-/m0/s1. The Hall–Kier alpha value is -2.69. The number of benzene rings is 2. The third kappa shape index (κ3) is 6.19. The summed E-state index contributed by atoms with van der Waals surface area (Å²) in [6.45, 7) is 6.65. The van der Waals surface area contributed by atoms with Crippen molar-refractivity contribution in [1.29, 1.82) is 0 Å². The lowest BCUT2D eigenvalue weighted by molar-refractivity contribution is -0.140. The van der Waals surface area contributed by atoms with Crippen molar-refractivity contribution in [1.82, 2.24) is 10.2 Å². The summed E-state index contributed by atoms with van der Waals surface area (Å²) in [5, 5.41) is 2.88. The smallest absolute Gasteiger partial charge is 0.242 e. The fraction of sp³-hybridized carbons (Fsp3) is 0.391. The average molecular weight is 384 g/mol. The number of hydrogen-bond donors (Lipinski definition) is 1. The Morgan fingerprint density at radius 3 is 2.43 bits per heavy atom. The van der Waals surface area contributed by atoms with Gasteiger partial charge in [-0.3, -0.25) is 9.59 Å². The average Bonchev–Trinajstić information content (AvgIpc) is 2.68. The lowest BCUT2D eigenvalue weighted by atomic mass is 10.1. The zero-order chi connectivity index (χ0) is 20.5. The maximum absolute atomic E-state index is 14.0. The number of carbonyl (C=O) groups is 2. The number of rotatable bonds is 9. The van der Waals surface area contributed by atoms with Crippen LogP contribution in [0.5, 0.6) is 0 Å². The number of halogens is 1. The first-order chi connectivity index (χ1) is 13.4. The van der Waals surface area contributed by atoms with Crippen LogP contribution in [0.1, 0.15) is 43.4 Å².